The van der Waals surface area contributed by atoms with Gasteiger partial charge in [-0.1, -0.05) is 18.2 Å². The highest BCUT2D eigenvalue weighted by molar-refractivity contribution is 6.35. The summed E-state index contributed by atoms with van der Waals surface area (Å²) in [6.07, 6.45) is 1.70. The number of ether oxygens (including phenoxy) is 1. The van der Waals surface area contributed by atoms with Gasteiger partial charge in [0.25, 0.3) is 11.8 Å². The molecule has 1 aliphatic rings. The SMILES string of the molecule is CCOC(=O)c1c(C)[nH]c(C=C2C(=O)Nc3ccc(C(=O)Nc4ccccc4)cc32)c1C. The van der Waals surface area contributed by atoms with Gasteiger partial charge in [-0.05, 0) is 62.7 Å². The molecule has 0 radical (unpaired) electrons. The van der Waals surface area contributed by atoms with Gasteiger partial charge in [0.15, 0.2) is 0 Å². The number of amides is 2. The van der Waals surface area contributed by atoms with Crippen molar-refractivity contribution in [3.63, 3.8) is 0 Å². The number of nitrogens with one attached hydrogen (secondary N) is 3. The fraction of sp³-hybridized carbons (Fsp3) is 0.160. The van der Waals surface area contributed by atoms with E-state index in [1.807, 2.05) is 18.2 Å². The van der Waals surface area contributed by atoms with Crippen molar-refractivity contribution in [2.75, 3.05) is 17.2 Å². The van der Waals surface area contributed by atoms with E-state index < -0.39 is 5.97 Å². The number of carbonyl (C=O) groups excluding carboxylic acids is 3. The maximum Gasteiger partial charge on any atom is 0.340 e. The topological polar surface area (TPSA) is 100 Å². The van der Waals surface area contributed by atoms with Crippen LogP contribution >= 0.6 is 0 Å². The van der Waals surface area contributed by atoms with Crippen molar-refractivity contribution in [3.05, 3.63) is 82.2 Å². The molecule has 2 amide bonds. The van der Waals surface area contributed by atoms with Crippen LogP contribution in [0.15, 0.2) is 48.5 Å². The first-order valence-corrected chi connectivity index (χ1v) is 10.3. The molecule has 1 aliphatic heterocycles. The smallest absolute Gasteiger partial charge is 0.340 e. The molecule has 2 heterocycles. The second-order valence-electron chi connectivity index (χ2n) is 7.48. The van der Waals surface area contributed by atoms with Gasteiger partial charge < -0.3 is 20.4 Å². The predicted molar refractivity (Wildman–Crippen MR) is 124 cm³/mol. The summed E-state index contributed by atoms with van der Waals surface area (Å²) < 4.78 is 5.14. The molecule has 0 saturated heterocycles. The highest BCUT2D eigenvalue weighted by Crippen LogP contribution is 2.35. The first-order valence-electron chi connectivity index (χ1n) is 10.3. The highest BCUT2D eigenvalue weighted by Gasteiger charge is 2.27. The van der Waals surface area contributed by atoms with E-state index in [4.69, 9.17) is 4.74 Å². The summed E-state index contributed by atoms with van der Waals surface area (Å²) in [6, 6.07) is 14.2. The predicted octanol–water partition coefficient (Wildman–Crippen LogP) is 4.55. The number of benzene rings is 2. The monoisotopic (exact) mass is 429 g/mol. The van der Waals surface area contributed by atoms with Crippen LogP contribution < -0.4 is 10.6 Å². The second-order valence-corrected chi connectivity index (χ2v) is 7.48. The van der Waals surface area contributed by atoms with Crippen LogP contribution in [0.4, 0.5) is 11.4 Å². The van der Waals surface area contributed by atoms with E-state index >= 15 is 0 Å². The van der Waals surface area contributed by atoms with Crippen LogP contribution in [0.1, 0.15) is 50.2 Å². The Morgan fingerprint density at radius 3 is 2.56 bits per heavy atom. The number of aryl methyl sites for hydroxylation is 1. The van der Waals surface area contributed by atoms with E-state index in [-0.39, 0.29) is 18.4 Å². The van der Waals surface area contributed by atoms with Crippen molar-refractivity contribution in [1.82, 2.24) is 4.98 Å². The number of aromatic nitrogens is 1. The fourth-order valence-electron chi connectivity index (χ4n) is 3.77. The number of rotatable bonds is 5. The molecule has 2 aromatic carbocycles. The van der Waals surface area contributed by atoms with Gasteiger partial charge in [-0.15, -0.1) is 0 Å². The number of hydrogen-bond acceptors (Lipinski definition) is 4. The highest BCUT2D eigenvalue weighted by atomic mass is 16.5. The van der Waals surface area contributed by atoms with Crippen LogP contribution in [0.2, 0.25) is 0 Å². The molecule has 0 aliphatic carbocycles. The van der Waals surface area contributed by atoms with Crippen LogP contribution in [-0.4, -0.2) is 29.4 Å². The van der Waals surface area contributed by atoms with Crippen LogP contribution in [0, 0.1) is 13.8 Å². The van der Waals surface area contributed by atoms with Crippen LogP contribution in [0.25, 0.3) is 11.6 Å². The van der Waals surface area contributed by atoms with Crippen molar-refractivity contribution in [3.8, 4) is 0 Å². The van der Waals surface area contributed by atoms with E-state index in [2.05, 4.69) is 15.6 Å². The largest absolute Gasteiger partial charge is 0.462 e. The van der Waals surface area contributed by atoms with Crippen molar-refractivity contribution in [1.29, 1.82) is 0 Å². The summed E-state index contributed by atoms with van der Waals surface area (Å²) in [5.41, 5.74) is 5.26. The zero-order valence-electron chi connectivity index (χ0n) is 18.0. The number of carbonyl (C=O) groups is 3. The van der Waals surface area contributed by atoms with Gasteiger partial charge >= 0.3 is 5.97 Å². The van der Waals surface area contributed by atoms with Crippen LogP contribution in [0.5, 0.6) is 0 Å². The van der Waals surface area contributed by atoms with Gasteiger partial charge in [0, 0.05) is 33.9 Å². The van der Waals surface area contributed by atoms with Crippen molar-refractivity contribution in [2.24, 2.45) is 0 Å². The minimum Gasteiger partial charge on any atom is -0.462 e. The lowest BCUT2D eigenvalue weighted by molar-refractivity contribution is -0.110. The zero-order chi connectivity index (χ0) is 22.8. The van der Waals surface area contributed by atoms with Gasteiger partial charge in [0.2, 0.25) is 0 Å². The maximum atomic E-state index is 12.7. The Morgan fingerprint density at radius 2 is 1.84 bits per heavy atom. The Hall–Kier alpha value is -4.13. The third-order valence-corrected chi connectivity index (χ3v) is 5.34. The molecule has 3 N–H and O–H groups in total. The molecule has 0 atom stereocenters. The summed E-state index contributed by atoms with van der Waals surface area (Å²) in [5, 5.41) is 5.67. The van der Waals surface area contributed by atoms with E-state index in [0.29, 0.717) is 50.6 Å². The first-order chi connectivity index (χ1) is 15.4. The third kappa shape index (κ3) is 3.92. The molecule has 7 heteroatoms. The zero-order valence-corrected chi connectivity index (χ0v) is 18.0. The summed E-state index contributed by atoms with van der Waals surface area (Å²) in [6.45, 7) is 5.63. The summed E-state index contributed by atoms with van der Waals surface area (Å²) in [4.78, 5) is 40.8. The second kappa shape index (κ2) is 8.55. The number of aromatic amines is 1. The average molecular weight is 429 g/mol. The quantitative estimate of drug-likeness (QED) is 0.409. The molecule has 3 aromatic rings. The Bertz CT molecular complexity index is 1260. The molecule has 0 bridgehead atoms. The number of fused-ring (bicyclic) bond motifs is 1. The lowest BCUT2D eigenvalue weighted by atomic mass is 10.0. The molecule has 32 heavy (non-hydrogen) atoms. The van der Waals surface area contributed by atoms with Crippen LogP contribution in [-0.2, 0) is 9.53 Å². The number of esters is 1. The average Bonchev–Trinajstić information content (AvgIpc) is 3.23. The van der Waals surface area contributed by atoms with Crippen molar-refractivity contribution in [2.45, 2.75) is 20.8 Å². The maximum absolute atomic E-state index is 12.7. The van der Waals surface area contributed by atoms with Gasteiger partial charge in [-0.25, -0.2) is 4.79 Å². The molecule has 1 aromatic heterocycles. The summed E-state index contributed by atoms with van der Waals surface area (Å²) in [5.74, 6) is -0.946. The van der Waals surface area contributed by atoms with Crippen LogP contribution in [0.3, 0.4) is 0 Å². The number of H-pyrrole nitrogens is 1. The third-order valence-electron chi connectivity index (χ3n) is 5.34. The molecular formula is C25H23N3O4. The molecule has 0 unspecified atom stereocenters. The normalized spacial score (nSPS) is 13.6. The van der Waals surface area contributed by atoms with Crippen molar-refractivity contribution < 1.29 is 19.1 Å². The van der Waals surface area contributed by atoms with Gasteiger partial charge in [0.1, 0.15) is 0 Å². The minimum absolute atomic E-state index is 0.269. The number of anilines is 2. The first kappa shape index (κ1) is 21.1. The number of hydrogen-bond donors (Lipinski definition) is 3. The van der Waals surface area contributed by atoms with E-state index in [1.165, 1.54) is 0 Å². The lowest BCUT2D eigenvalue weighted by Gasteiger charge is -2.07. The van der Waals surface area contributed by atoms with Crippen molar-refractivity contribution >= 4 is 40.8 Å². The standard InChI is InChI=1S/C25H23N3O4/c1-4-32-25(31)22-14(2)21(26-15(22)3)13-19-18-12-16(10-11-20(18)28-24(19)30)23(29)27-17-8-6-5-7-9-17/h5-13,26H,4H2,1-3H3,(H,27,29)(H,28,30). The summed E-state index contributed by atoms with van der Waals surface area (Å²) in [7, 11) is 0. The molecule has 0 saturated carbocycles. The molecular weight excluding hydrogens is 406 g/mol. The fourth-order valence-corrected chi connectivity index (χ4v) is 3.77. The number of para-hydroxylation sites is 1. The van der Waals surface area contributed by atoms with E-state index in [0.717, 1.165) is 0 Å². The summed E-state index contributed by atoms with van der Waals surface area (Å²) >= 11 is 0. The molecule has 162 valence electrons. The Balaban J connectivity index is 1.69. The van der Waals surface area contributed by atoms with E-state index in [1.54, 1.807) is 57.2 Å². The molecule has 7 nitrogen and oxygen atoms in total. The van der Waals surface area contributed by atoms with Gasteiger partial charge in [-0.2, -0.15) is 0 Å². The Morgan fingerprint density at radius 1 is 1.09 bits per heavy atom. The Labute approximate surface area is 185 Å². The van der Waals surface area contributed by atoms with Gasteiger partial charge in [-0.3, -0.25) is 9.59 Å². The van der Waals surface area contributed by atoms with E-state index in [9.17, 15) is 14.4 Å². The van der Waals surface area contributed by atoms with Gasteiger partial charge in [0.05, 0.1) is 17.7 Å². The minimum atomic E-state index is -0.403. The lowest BCUT2D eigenvalue weighted by Crippen LogP contribution is -2.11. The molecule has 0 spiro atoms. The molecule has 4 rings (SSSR count). The molecule has 0 fully saturated rings. The Kier molecular flexibility index (Phi) is 5.64.